The average molecular weight is 240 g/mol. The quantitative estimate of drug-likeness (QED) is 0.825. The van der Waals surface area contributed by atoms with Gasteiger partial charge in [0.1, 0.15) is 5.75 Å². The molecule has 0 heterocycles. The number of phenols is 1. The lowest BCUT2D eigenvalue weighted by atomic mass is 10.0. The number of aromatic hydroxyl groups is 1. The van der Waals surface area contributed by atoms with E-state index >= 15 is 0 Å². The summed E-state index contributed by atoms with van der Waals surface area (Å²) in [6.07, 6.45) is 4.21. The maximum Gasteiger partial charge on any atom is 0.119 e. The Labute approximate surface area is 109 Å². The minimum Gasteiger partial charge on any atom is -0.508 e. The van der Waals surface area contributed by atoms with Gasteiger partial charge in [-0.2, -0.15) is 0 Å². The first-order valence-electron chi connectivity index (χ1n) is 6.64. The van der Waals surface area contributed by atoms with Crippen LogP contribution in [0.3, 0.4) is 0 Å². The van der Waals surface area contributed by atoms with Crippen molar-refractivity contribution in [2.75, 3.05) is 0 Å². The van der Waals surface area contributed by atoms with Crippen LogP contribution in [-0.2, 0) is 12.8 Å². The van der Waals surface area contributed by atoms with E-state index in [1.807, 2.05) is 30.3 Å². The molecule has 0 saturated carbocycles. The van der Waals surface area contributed by atoms with Crippen molar-refractivity contribution in [3.8, 4) is 5.75 Å². The zero-order valence-electron chi connectivity index (χ0n) is 10.9. The molecule has 0 aliphatic rings. The van der Waals surface area contributed by atoms with Crippen LogP contribution >= 0.6 is 0 Å². The van der Waals surface area contributed by atoms with Gasteiger partial charge in [-0.25, -0.2) is 0 Å². The fourth-order valence-corrected chi connectivity index (χ4v) is 2.11. The van der Waals surface area contributed by atoms with Gasteiger partial charge in [-0.1, -0.05) is 55.8 Å². The van der Waals surface area contributed by atoms with Crippen LogP contribution in [0, 0.1) is 0 Å². The van der Waals surface area contributed by atoms with Crippen LogP contribution in [0.25, 0.3) is 0 Å². The molecule has 0 bridgehead atoms. The van der Waals surface area contributed by atoms with E-state index in [9.17, 15) is 5.11 Å². The summed E-state index contributed by atoms with van der Waals surface area (Å²) >= 11 is 0. The molecule has 1 nitrogen and oxygen atoms in total. The molecule has 0 aliphatic heterocycles. The predicted octanol–water partition coefficient (Wildman–Crippen LogP) is 4.33. The van der Waals surface area contributed by atoms with Crippen LogP contribution in [-0.4, -0.2) is 5.11 Å². The van der Waals surface area contributed by atoms with Crippen LogP contribution < -0.4 is 0 Å². The summed E-state index contributed by atoms with van der Waals surface area (Å²) in [6, 6.07) is 16.3. The van der Waals surface area contributed by atoms with Crippen molar-refractivity contribution in [2.45, 2.75) is 32.6 Å². The van der Waals surface area contributed by atoms with E-state index in [1.54, 1.807) is 0 Å². The van der Waals surface area contributed by atoms with Crippen molar-refractivity contribution >= 4 is 0 Å². The van der Waals surface area contributed by atoms with Crippen LogP contribution in [0.4, 0.5) is 0 Å². The Kier molecular flexibility index (Phi) is 4.40. The van der Waals surface area contributed by atoms with Gasteiger partial charge in [-0.3, -0.25) is 0 Å². The van der Waals surface area contributed by atoms with Crippen molar-refractivity contribution in [3.63, 3.8) is 0 Å². The first kappa shape index (κ1) is 12.7. The van der Waals surface area contributed by atoms with Crippen LogP contribution in [0.15, 0.2) is 48.5 Å². The van der Waals surface area contributed by atoms with E-state index in [-0.39, 0.29) is 0 Å². The maximum absolute atomic E-state index is 10.1. The fraction of sp³-hybridized carbons (Fsp3) is 0.294. The maximum atomic E-state index is 10.1. The Bertz CT molecular complexity index is 488. The summed E-state index contributed by atoms with van der Waals surface area (Å²) in [4.78, 5) is 0. The molecule has 2 aromatic rings. The van der Waals surface area contributed by atoms with E-state index < -0.39 is 0 Å². The third-order valence-corrected chi connectivity index (χ3v) is 3.21. The highest BCUT2D eigenvalue weighted by Gasteiger charge is 2.03. The largest absolute Gasteiger partial charge is 0.508 e. The summed E-state index contributed by atoms with van der Waals surface area (Å²) in [5, 5.41) is 10.1. The van der Waals surface area contributed by atoms with Crippen LogP contribution in [0.2, 0.25) is 0 Å². The first-order chi connectivity index (χ1) is 8.79. The molecule has 0 aromatic heterocycles. The number of aryl methyl sites for hydroxylation is 1. The molecule has 94 valence electrons. The van der Waals surface area contributed by atoms with Gasteiger partial charge in [0.2, 0.25) is 0 Å². The Morgan fingerprint density at radius 3 is 2.39 bits per heavy atom. The second kappa shape index (κ2) is 6.25. The van der Waals surface area contributed by atoms with Gasteiger partial charge in [-0.05, 0) is 35.6 Å². The highest BCUT2D eigenvalue weighted by molar-refractivity contribution is 5.39. The molecule has 1 heteroatoms. The monoisotopic (exact) mass is 240 g/mol. The van der Waals surface area contributed by atoms with Crippen molar-refractivity contribution in [1.82, 2.24) is 0 Å². The van der Waals surface area contributed by atoms with Gasteiger partial charge in [0.25, 0.3) is 0 Å². The number of rotatable bonds is 5. The van der Waals surface area contributed by atoms with Gasteiger partial charge in [0.05, 0.1) is 0 Å². The van der Waals surface area contributed by atoms with Crippen molar-refractivity contribution in [2.24, 2.45) is 0 Å². The zero-order valence-corrected chi connectivity index (χ0v) is 10.9. The summed E-state index contributed by atoms with van der Waals surface area (Å²) in [7, 11) is 0. The van der Waals surface area contributed by atoms with E-state index in [2.05, 4.69) is 25.1 Å². The normalized spacial score (nSPS) is 10.5. The number of benzene rings is 2. The second-order valence-corrected chi connectivity index (χ2v) is 4.73. The molecule has 0 unspecified atom stereocenters. The SMILES string of the molecule is CCCCc1ccc(Cc2ccccc2)c(O)c1. The number of phenolic OH excluding ortho intramolecular Hbond substituents is 1. The number of hydrogen-bond donors (Lipinski definition) is 1. The smallest absolute Gasteiger partial charge is 0.119 e. The van der Waals surface area contributed by atoms with Crippen LogP contribution in [0.5, 0.6) is 5.75 Å². The second-order valence-electron chi connectivity index (χ2n) is 4.73. The van der Waals surface area contributed by atoms with Crippen molar-refractivity contribution in [3.05, 3.63) is 65.2 Å². The Morgan fingerprint density at radius 2 is 1.72 bits per heavy atom. The fourth-order valence-electron chi connectivity index (χ4n) is 2.11. The molecule has 0 atom stereocenters. The van der Waals surface area contributed by atoms with Gasteiger partial charge in [-0.15, -0.1) is 0 Å². The Hall–Kier alpha value is -1.76. The molecule has 0 spiro atoms. The lowest BCUT2D eigenvalue weighted by Gasteiger charge is -2.07. The molecule has 0 amide bonds. The minimum atomic E-state index is 0.424. The van der Waals surface area contributed by atoms with Gasteiger partial charge >= 0.3 is 0 Å². The highest BCUT2D eigenvalue weighted by Crippen LogP contribution is 2.22. The molecule has 1 N–H and O–H groups in total. The molecular formula is C17H20O. The summed E-state index contributed by atoms with van der Waals surface area (Å²) < 4.78 is 0. The number of hydrogen-bond acceptors (Lipinski definition) is 1. The summed E-state index contributed by atoms with van der Waals surface area (Å²) in [6.45, 7) is 2.18. The Morgan fingerprint density at radius 1 is 0.944 bits per heavy atom. The molecule has 18 heavy (non-hydrogen) atoms. The molecule has 2 aromatic carbocycles. The third-order valence-electron chi connectivity index (χ3n) is 3.21. The molecule has 0 aliphatic carbocycles. The molecule has 0 fully saturated rings. The first-order valence-corrected chi connectivity index (χ1v) is 6.64. The van der Waals surface area contributed by atoms with E-state index in [0.717, 1.165) is 18.4 Å². The molecule has 0 saturated heterocycles. The average Bonchev–Trinajstić information content (AvgIpc) is 2.40. The minimum absolute atomic E-state index is 0.424. The summed E-state index contributed by atoms with van der Waals surface area (Å²) in [5.74, 6) is 0.424. The van der Waals surface area contributed by atoms with E-state index in [1.165, 1.54) is 24.0 Å². The third kappa shape index (κ3) is 3.36. The lowest BCUT2D eigenvalue weighted by Crippen LogP contribution is -1.91. The highest BCUT2D eigenvalue weighted by atomic mass is 16.3. The van der Waals surface area contributed by atoms with Crippen molar-refractivity contribution in [1.29, 1.82) is 0 Å². The molecule has 2 rings (SSSR count). The predicted molar refractivity (Wildman–Crippen MR) is 76.0 cm³/mol. The van der Waals surface area contributed by atoms with Gasteiger partial charge in [0, 0.05) is 6.42 Å². The standard InChI is InChI=1S/C17H20O/c1-2-3-7-15-10-11-16(17(18)13-15)12-14-8-5-4-6-9-14/h4-6,8-11,13,18H,2-3,7,12H2,1H3. The van der Waals surface area contributed by atoms with E-state index in [0.29, 0.717) is 5.75 Å². The van der Waals surface area contributed by atoms with Crippen LogP contribution in [0.1, 0.15) is 36.5 Å². The van der Waals surface area contributed by atoms with Crippen molar-refractivity contribution < 1.29 is 5.11 Å². The van der Waals surface area contributed by atoms with Gasteiger partial charge < -0.3 is 5.11 Å². The number of unbranched alkanes of at least 4 members (excludes halogenated alkanes) is 1. The Balaban J connectivity index is 2.10. The summed E-state index contributed by atoms with van der Waals surface area (Å²) in [5.41, 5.74) is 3.46. The molecule has 0 radical (unpaired) electrons. The van der Waals surface area contributed by atoms with E-state index in [4.69, 9.17) is 0 Å². The van der Waals surface area contributed by atoms with Gasteiger partial charge in [0.15, 0.2) is 0 Å². The zero-order chi connectivity index (χ0) is 12.8. The molecular weight excluding hydrogens is 220 g/mol. The lowest BCUT2D eigenvalue weighted by molar-refractivity contribution is 0.468. The topological polar surface area (TPSA) is 20.2 Å².